The van der Waals surface area contributed by atoms with Gasteiger partial charge < -0.3 is 15.0 Å². The van der Waals surface area contributed by atoms with Gasteiger partial charge in [0.25, 0.3) is 5.56 Å². The number of carbonyl (C=O) groups is 1. The summed E-state index contributed by atoms with van der Waals surface area (Å²) in [7, 11) is 0. The molecule has 7 heteroatoms. The molecule has 3 rings (SSSR count). The molecule has 1 amide bonds. The van der Waals surface area contributed by atoms with E-state index in [9.17, 15) is 9.59 Å². The highest BCUT2D eigenvalue weighted by atomic mass is 16.5. The van der Waals surface area contributed by atoms with Crippen LogP contribution in [0.5, 0.6) is 0 Å². The average Bonchev–Trinajstić information content (AvgIpc) is 2.58. The molecule has 1 N–H and O–H groups in total. The van der Waals surface area contributed by atoms with Crippen LogP contribution in [-0.2, 0) is 16.1 Å². The number of benzene rings is 1. The second-order valence-electron chi connectivity index (χ2n) is 6.14. The van der Waals surface area contributed by atoms with E-state index in [-0.39, 0.29) is 18.0 Å². The van der Waals surface area contributed by atoms with Crippen LogP contribution in [0, 0.1) is 13.8 Å². The predicted octanol–water partition coefficient (Wildman–Crippen LogP) is 1.34. The Kier molecular flexibility index (Phi) is 5.14. The molecule has 25 heavy (non-hydrogen) atoms. The lowest BCUT2D eigenvalue weighted by Gasteiger charge is -2.29. The Hall–Kier alpha value is -2.67. The van der Waals surface area contributed by atoms with E-state index in [0.29, 0.717) is 43.6 Å². The van der Waals surface area contributed by atoms with Crippen molar-refractivity contribution in [3.63, 3.8) is 0 Å². The highest BCUT2D eigenvalue weighted by molar-refractivity contribution is 5.90. The van der Waals surface area contributed by atoms with Crippen LogP contribution in [0.3, 0.4) is 0 Å². The SMILES string of the molecule is Cc1cccc(NC(=O)Cn2c(N3CCOCC3)nc(C)cc2=O)c1. The first kappa shape index (κ1) is 17.2. The smallest absolute Gasteiger partial charge is 0.255 e. The molecule has 1 saturated heterocycles. The quantitative estimate of drug-likeness (QED) is 0.907. The monoisotopic (exact) mass is 342 g/mol. The number of hydrogen-bond donors (Lipinski definition) is 1. The van der Waals surface area contributed by atoms with Crippen LogP contribution in [0.25, 0.3) is 0 Å². The number of nitrogens with one attached hydrogen (secondary N) is 1. The Morgan fingerprint density at radius 2 is 2.00 bits per heavy atom. The van der Waals surface area contributed by atoms with Gasteiger partial charge in [0.15, 0.2) is 0 Å². The van der Waals surface area contributed by atoms with Gasteiger partial charge in [0.1, 0.15) is 6.54 Å². The minimum atomic E-state index is -0.257. The zero-order valence-electron chi connectivity index (χ0n) is 14.5. The number of nitrogens with zero attached hydrogens (tertiary/aromatic N) is 3. The number of morpholine rings is 1. The van der Waals surface area contributed by atoms with Crippen molar-refractivity contribution in [3.8, 4) is 0 Å². The third-order valence-corrected chi connectivity index (χ3v) is 4.01. The molecule has 0 unspecified atom stereocenters. The summed E-state index contributed by atoms with van der Waals surface area (Å²) >= 11 is 0. The summed E-state index contributed by atoms with van der Waals surface area (Å²) in [5.74, 6) is 0.264. The van der Waals surface area contributed by atoms with Crippen molar-refractivity contribution in [3.05, 3.63) is 51.9 Å². The Morgan fingerprint density at radius 1 is 1.24 bits per heavy atom. The fourth-order valence-corrected chi connectivity index (χ4v) is 2.83. The van der Waals surface area contributed by atoms with Crippen molar-refractivity contribution < 1.29 is 9.53 Å². The molecule has 0 spiro atoms. The number of rotatable bonds is 4. The number of hydrogen-bond acceptors (Lipinski definition) is 5. The zero-order chi connectivity index (χ0) is 17.8. The van der Waals surface area contributed by atoms with E-state index in [1.807, 2.05) is 36.1 Å². The van der Waals surface area contributed by atoms with Crippen LogP contribution in [0.2, 0.25) is 0 Å². The summed E-state index contributed by atoms with van der Waals surface area (Å²) < 4.78 is 6.78. The first-order chi connectivity index (χ1) is 12.0. The molecule has 0 aliphatic carbocycles. The van der Waals surface area contributed by atoms with Gasteiger partial charge in [-0.3, -0.25) is 14.2 Å². The summed E-state index contributed by atoms with van der Waals surface area (Å²) in [5.41, 5.74) is 2.18. The Morgan fingerprint density at radius 3 is 2.72 bits per heavy atom. The van der Waals surface area contributed by atoms with Gasteiger partial charge in [0.2, 0.25) is 11.9 Å². The minimum Gasteiger partial charge on any atom is -0.378 e. The molecule has 1 aromatic heterocycles. The lowest BCUT2D eigenvalue weighted by molar-refractivity contribution is -0.116. The summed E-state index contributed by atoms with van der Waals surface area (Å²) in [5, 5.41) is 2.83. The van der Waals surface area contributed by atoms with Crippen molar-refractivity contribution in [2.75, 3.05) is 36.5 Å². The van der Waals surface area contributed by atoms with Crippen LogP contribution < -0.4 is 15.8 Å². The molecule has 0 saturated carbocycles. The van der Waals surface area contributed by atoms with E-state index in [1.54, 1.807) is 6.92 Å². The molecule has 2 aromatic rings. The third-order valence-electron chi connectivity index (χ3n) is 4.01. The third kappa shape index (κ3) is 4.24. The van der Waals surface area contributed by atoms with Gasteiger partial charge in [-0.1, -0.05) is 12.1 Å². The number of anilines is 2. The maximum Gasteiger partial charge on any atom is 0.255 e. The fourth-order valence-electron chi connectivity index (χ4n) is 2.83. The number of carbonyl (C=O) groups excluding carboxylic acids is 1. The van der Waals surface area contributed by atoms with E-state index in [1.165, 1.54) is 10.6 Å². The van der Waals surface area contributed by atoms with Gasteiger partial charge >= 0.3 is 0 Å². The highest BCUT2D eigenvalue weighted by Crippen LogP contribution is 2.13. The van der Waals surface area contributed by atoms with Crippen LogP contribution >= 0.6 is 0 Å². The number of ether oxygens (including phenoxy) is 1. The van der Waals surface area contributed by atoms with Crippen LogP contribution in [0.15, 0.2) is 35.1 Å². The minimum absolute atomic E-state index is 0.0766. The molecule has 132 valence electrons. The summed E-state index contributed by atoms with van der Waals surface area (Å²) in [4.78, 5) is 31.3. The molecule has 1 aromatic carbocycles. The van der Waals surface area contributed by atoms with Gasteiger partial charge in [-0.05, 0) is 31.5 Å². The van der Waals surface area contributed by atoms with Gasteiger partial charge in [-0.25, -0.2) is 4.98 Å². The van der Waals surface area contributed by atoms with E-state index < -0.39 is 0 Å². The molecule has 1 fully saturated rings. The first-order valence-electron chi connectivity index (χ1n) is 8.30. The van der Waals surface area contributed by atoms with E-state index in [4.69, 9.17) is 4.74 Å². The normalized spacial score (nSPS) is 14.4. The summed E-state index contributed by atoms with van der Waals surface area (Å²) in [6.45, 7) is 6.12. The maximum absolute atomic E-state index is 12.4. The van der Waals surface area contributed by atoms with Crippen molar-refractivity contribution in [2.24, 2.45) is 0 Å². The van der Waals surface area contributed by atoms with Crippen LogP contribution in [0.4, 0.5) is 11.6 Å². The molecule has 0 bridgehead atoms. The molecule has 0 atom stereocenters. The fraction of sp³-hybridized carbons (Fsp3) is 0.389. The van der Waals surface area contributed by atoms with Crippen LogP contribution in [-0.4, -0.2) is 41.8 Å². The number of aromatic nitrogens is 2. The molecule has 1 aliphatic heterocycles. The summed E-state index contributed by atoms with van der Waals surface area (Å²) in [6, 6.07) is 9.00. The van der Waals surface area contributed by atoms with Gasteiger partial charge in [-0.2, -0.15) is 0 Å². The maximum atomic E-state index is 12.4. The predicted molar refractivity (Wildman–Crippen MR) is 96.1 cm³/mol. The Balaban J connectivity index is 1.83. The molecular formula is C18H22N4O3. The topological polar surface area (TPSA) is 76.5 Å². The van der Waals surface area contributed by atoms with Crippen molar-refractivity contribution >= 4 is 17.5 Å². The Bertz CT molecular complexity index is 825. The molecule has 7 nitrogen and oxygen atoms in total. The molecule has 0 radical (unpaired) electrons. The number of amides is 1. The molecule has 2 heterocycles. The molecular weight excluding hydrogens is 320 g/mol. The lowest BCUT2D eigenvalue weighted by Crippen LogP contribution is -2.41. The van der Waals surface area contributed by atoms with E-state index >= 15 is 0 Å². The first-order valence-corrected chi connectivity index (χ1v) is 8.30. The van der Waals surface area contributed by atoms with Gasteiger partial charge in [-0.15, -0.1) is 0 Å². The Labute approximate surface area is 146 Å². The average molecular weight is 342 g/mol. The van der Waals surface area contributed by atoms with Crippen molar-refractivity contribution in [1.29, 1.82) is 0 Å². The summed E-state index contributed by atoms with van der Waals surface area (Å²) in [6.07, 6.45) is 0. The van der Waals surface area contributed by atoms with Gasteiger partial charge in [0.05, 0.1) is 13.2 Å². The van der Waals surface area contributed by atoms with E-state index in [0.717, 1.165) is 5.56 Å². The highest BCUT2D eigenvalue weighted by Gasteiger charge is 2.19. The van der Waals surface area contributed by atoms with Gasteiger partial charge in [0, 0.05) is 30.5 Å². The molecule has 1 aliphatic rings. The zero-order valence-corrected chi connectivity index (χ0v) is 14.5. The van der Waals surface area contributed by atoms with Crippen molar-refractivity contribution in [1.82, 2.24) is 9.55 Å². The second-order valence-corrected chi connectivity index (χ2v) is 6.14. The van der Waals surface area contributed by atoms with Crippen LogP contribution in [0.1, 0.15) is 11.3 Å². The van der Waals surface area contributed by atoms with E-state index in [2.05, 4.69) is 10.3 Å². The number of aryl methyl sites for hydroxylation is 2. The standard InChI is InChI=1S/C18H22N4O3/c1-13-4-3-5-15(10-13)20-16(23)12-22-17(24)11-14(2)19-18(22)21-6-8-25-9-7-21/h3-5,10-11H,6-9,12H2,1-2H3,(H,20,23). The lowest BCUT2D eigenvalue weighted by atomic mass is 10.2. The largest absolute Gasteiger partial charge is 0.378 e. The van der Waals surface area contributed by atoms with Crippen molar-refractivity contribution in [2.45, 2.75) is 20.4 Å². The second kappa shape index (κ2) is 7.48.